The second kappa shape index (κ2) is 6.65. The van der Waals surface area contributed by atoms with Crippen molar-refractivity contribution in [2.45, 2.75) is 19.9 Å². The molecule has 3 aromatic carbocycles. The molecule has 0 N–H and O–H groups in total. The van der Waals surface area contributed by atoms with Crippen LogP contribution in [-0.4, -0.2) is 9.55 Å². The first-order valence-electron chi connectivity index (χ1n) is 9.78. The number of para-hydroxylation sites is 1. The zero-order valence-electron chi connectivity index (χ0n) is 16.1. The first-order chi connectivity index (χ1) is 13.7. The van der Waals surface area contributed by atoms with Crippen molar-refractivity contribution in [3.63, 3.8) is 0 Å². The van der Waals surface area contributed by atoms with Crippen LogP contribution in [0.15, 0.2) is 91.0 Å². The van der Waals surface area contributed by atoms with Crippen LogP contribution in [0.1, 0.15) is 19.9 Å². The van der Waals surface area contributed by atoms with Gasteiger partial charge in [-0.3, -0.25) is 0 Å². The lowest BCUT2D eigenvalue weighted by Gasteiger charge is -2.11. The van der Waals surface area contributed by atoms with E-state index in [1.54, 1.807) is 0 Å². The quantitative estimate of drug-likeness (QED) is 0.334. The third kappa shape index (κ3) is 2.69. The van der Waals surface area contributed by atoms with E-state index in [1.807, 2.05) is 6.07 Å². The van der Waals surface area contributed by atoms with E-state index < -0.39 is 0 Å². The van der Waals surface area contributed by atoms with Gasteiger partial charge in [0.05, 0.1) is 11.4 Å². The van der Waals surface area contributed by atoms with Gasteiger partial charge in [0.25, 0.3) is 0 Å². The van der Waals surface area contributed by atoms with Crippen LogP contribution in [0.4, 0.5) is 0 Å². The summed E-state index contributed by atoms with van der Waals surface area (Å²) in [6, 6.07) is 32.4. The van der Waals surface area contributed by atoms with Crippen molar-refractivity contribution in [2.24, 2.45) is 0 Å². The molecule has 2 aromatic heterocycles. The minimum Gasteiger partial charge on any atom is -0.338 e. The van der Waals surface area contributed by atoms with Gasteiger partial charge in [0, 0.05) is 39.0 Å². The van der Waals surface area contributed by atoms with E-state index in [1.165, 1.54) is 21.8 Å². The van der Waals surface area contributed by atoms with Crippen LogP contribution in [0, 0.1) is 0 Å². The number of fused-ring (bicyclic) bond motifs is 3. The number of hydrogen-bond acceptors (Lipinski definition) is 1. The molecule has 0 saturated heterocycles. The Morgan fingerprint density at radius 3 is 2.07 bits per heavy atom. The van der Waals surface area contributed by atoms with Crippen LogP contribution >= 0.6 is 0 Å². The predicted octanol–water partition coefficient (Wildman–Crippen LogP) is 7.10. The molecule has 0 fully saturated rings. The molecule has 0 aliphatic heterocycles. The number of hydrogen-bond donors (Lipinski definition) is 0. The smallest absolute Gasteiger partial charge is 0.0709 e. The van der Waals surface area contributed by atoms with Gasteiger partial charge in [-0.15, -0.1) is 0 Å². The van der Waals surface area contributed by atoms with Gasteiger partial charge in [-0.25, -0.2) is 4.98 Å². The van der Waals surface area contributed by atoms with Gasteiger partial charge in [0.2, 0.25) is 0 Å². The first-order valence-corrected chi connectivity index (χ1v) is 9.78. The monoisotopic (exact) mass is 362 g/mol. The SMILES string of the molecule is CC(C)n1c2ccccc2c2cc(-c3cccc(-c4ccccc4)n3)ccc21. The molecule has 0 aliphatic carbocycles. The van der Waals surface area contributed by atoms with Crippen LogP contribution in [0.3, 0.4) is 0 Å². The molecule has 2 heterocycles. The van der Waals surface area contributed by atoms with Gasteiger partial charge in [0.15, 0.2) is 0 Å². The Hall–Kier alpha value is -3.39. The third-order valence-corrected chi connectivity index (χ3v) is 5.34. The molecule has 5 rings (SSSR count). The molecule has 136 valence electrons. The third-order valence-electron chi connectivity index (χ3n) is 5.34. The Morgan fingerprint density at radius 2 is 1.29 bits per heavy atom. The normalized spacial score (nSPS) is 11.5. The summed E-state index contributed by atoms with van der Waals surface area (Å²) >= 11 is 0. The summed E-state index contributed by atoms with van der Waals surface area (Å²) in [5.41, 5.74) is 6.86. The molecule has 0 atom stereocenters. The van der Waals surface area contributed by atoms with Crippen molar-refractivity contribution in [3.05, 3.63) is 91.0 Å². The van der Waals surface area contributed by atoms with E-state index in [0.717, 1.165) is 22.5 Å². The van der Waals surface area contributed by atoms with Gasteiger partial charge in [0.1, 0.15) is 0 Å². The highest BCUT2D eigenvalue weighted by Gasteiger charge is 2.13. The molecule has 0 radical (unpaired) electrons. The van der Waals surface area contributed by atoms with Gasteiger partial charge in [-0.1, -0.05) is 60.7 Å². The molecule has 0 spiro atoms. The lowest BCUT2D eigenvalue weighted by Crippen LogP contribution is -1.99. The van der Waals surface area contributed by atoms with Crippen LogP contribution < -0.4 is 0 Å². The van der Waals surface area contributed by atoms with Crippen LogP contribution in [-0.2, 0) is 0 Å². The van der Waals surface area contributed by atoms with Crippen molar-refractivity contribution < 1.29 is 0 Å². The lowest BCUT2D eigenvalue weighted by atomic mass is 10.1. The summed E-state index contributed by atoms with van der Waals surface area (Å²) in [6.45, 7) is 4.48. The topological polar surface area (TPSA) is 17.8 Å². The van der Waals surface area contributed by atoms with E-state index in [0.29, 0.717) is 6.04 Å². The minimum absolute atomic E-state index is 0.410. The zero-order valence-corrected chi connectivity index (χ0v) is 16.1. The van der Waals surface area contributed by atoms with E-state index in [9.17, 15) is 0 Å². The molecular formula is C26H22N2. The minimum atomic E-state index is 0.410. The van der Waals surface area contributed by atoms with E-state index >= 15 is 0 Å². The number of benzene rings is 3. The first kappa shape index (κ1) is 16.8. The van der Waals surface area contributed by atoms with Crippen LogP contribution in [0.2, 0.25) is 0 Å². The molecule has 2 heteroatoms. The Bertz CT molecular complexity index is 1280. The fourth-order valence-electron chi connectivity index (χ4n) is 4.08. The molecule has 5 aromatic rings. The Balaban J connectivity index is 1.70. The zero-order chi connectivity index (χ0) is 19.1. The molecule has 0 aliphatic rings. The number of nitrogens with zero attached hydrogens (tertiary/aromatic N) is 2. The van der Waals surface area contributed by atoms with E-state index in [4.69, 9.17) is 4.98 Å². The average molecular weight is 362 g/mol. The Kier molecular flexibility index (Phi) is 3.98. The molecular weight excluding hydrogens is 340 g/mol. The second-order valence-electron chi connectivity index (χ2n) is 7.49. The standard InChI is InChI=1S/C26H22N2/c1-18(2)28-25-14-7-6-11-21(25)22-17-20(15-16-26(22)28)24-13-8-12-23(27-24)19-9-4-3-5-10-19/h3-18H,1-2H3. The predicted molar refractivity (Wildman–Crippen MR) is 118 cm³/mol. The average Bonchev–Trinajstić information content (AvgIpc) is 3.08. The summed E-state index contributed by atoms with van der Waals surface area (Å²) in [7, 11) is 0. The molecule has 28 heavy (non-hydrogen) atoms. The van der Waals surface area contributed by atoms with Crippen molar-refractivity contribution in [3.8, 4) is 22.5 Å². The van der Waals surface area contributed by atoms with E-state index in [2.05, 4.69) is 103 Å². The Morgan fingerprint density at radius 1 is 0.607 bits per heavy atom. The van der Waals surface area contributed by atoms with Crippen molar-refractivity contribution in [1.82, 2.24) is 9.55 Å². The van der Waals surface area contributed by atoms with Gasteiger partial charge in [-0.05, 0) is 44.2 Å². The maximum Gasteiger partial charge on any atom is 0.0709 e. The maximum absolute atomic E-state index is 4.94. The fourth-order valence-corrected chi connectivity index (χ4v) is 4.08. The van der Waals surface area contributed by atoms with E-state index in [-0.39, 0.29) is 0 Å². The molecule has 0 amide bonds. The largest absolute Gasteiger partial charge is 0.338 e. The molecule has 0 bridgehead atoms. The number of rotatable bonds is 3. The maximum atomic E-state index is 4.94. The summed E-state index contributed by atoms with van der Waals surface area (Å²) < 4.78 is 2.42. The Labute approximate surface area is 165 Å². The van der Waals surface area contributed by atoms with Crippen molar-refractivity contribution >= 4 is 21.8 Å². The van der Waals surface area contributed by atoms with Gasteiger partial charge < -0.3 is 4.57 Å². The molecule has 0 saturated carbocycles. The van der Waals surface area contributed by atoms with Crippen LogP contribution in [0.25, 0.3) is 44.3 Å². The highest BCUT2D eigenvalue weighted by molar-refractivity contribution is 6.09. The highest BCUT2D eigenvalue weighted by atomic mass is 15.0. The van der Waals surface area contributed by atoms with Crippen LogP contribution in [0.5, 0.6) is 0 Å². The summed E-state index contributed by atoms with van der Waals surface area (Å²) in [6.07, 6.45) is 0. The van der Waals surface area contributed by atoms with Gasteiger partial charge >= 0.3 is 0 Å². The molecule has 2 nitrogen and oxygen atoms in total. The van der Waals surface area contributed by atoms with Crippen molar-refractivity contribution in [1.29, 1.82) is 0 Å². The summed E-state index contributed by atoms with van der Waals surface area (Å²) in [4.78, 5) is 4.94. The summed E-state index contributed by atoms with van der Waals surface area (Å²) in [5, 5.41) is 2.58. The molecule has 0 unspecified atom stereocenters. The van der Waals surface area contributed by atoms with Gasteiger partial charge in [-0.2, -0.15) is 0 Å². The number of aromatic nitrogens is 2. The van der Waals surface area contributed by atoms with Crippen molar-refractivity contribution in [2.75, 3.05) is 0 Å². The summed E-state index contributed by atoms with van der Waals surface area (Å²) in [5.74, 6) is 0. The second-order valence-corrected chi connectivity index (χ2v) is 7.49. The lowest BCUT2D eigenvalue weighted by molar-refractivity contribution is 0.642. The fraction of sp³-hybridized carbons (Fsp3) is 0.115. The number of pyridine rings is 1. The highest BCUT2D eigenvalue weighted by Crippen LogP contribution is 2.34.